The Morgan fingerprint density at radius 2 is 2.21 bits per heavy atom. The summed E-state index contributed by atoms with van der Waals surface area (Å²) in [4.78, 5) is 12.2. The maximum atomic E-state index is 11.1. The summed E-state index contributed by atoms with van der Waals surface area (Å²) in [6.45, 7) is 0. The first-order valence-corrected chi connectivity index (χ1v) is 5.84. The lowest BCUT2D eigenvalue weighted by Crippen LogP contribution is -1.98. The summed E-state index contributed by atoms with van der Waals surface area (Å²) in [6, 6.07) is 7.81. The molecule has 0 aliphatic carbocycles. The fraction of sp³-hybridized carbons (Fsp3) is 0.182. The van der Waals surface area contributed by atoms with Crippen molar-refractivity contribution in [3.63, 3.8) is 0 Å². The van der Waals surface area contributed by atoms with Gasteiger partial charge in [-0.3, -0.25) is 4.79 Å². The molecular weight excluding hydrogens is 260 g/mol. The van der Waals surface area contributed by atoms with Gasteiger partial charge < -0.3 is 0 Å². The molecule has 0 radical (unpaired) electrons. The van der Waals surface area contributed by atoms with E-state index in [0.717, 1.165) is 9.37 Å². The second-order valence-electron chi connectivity index (χ2n) is 2.64. The summed E-state index contributed by atoms with van der Waals surface area (Å²) in [5, 5.41) is 0. The van der Waals surface area contributed by atoms with Crippen molar-refractivity contribution >= 4 is 33.5 Å². The fourth-order valence-corrected chi connectivity index (χ4v) is 2.31. The molecule has 0 spiro atoms. The fourth-order valence-electron chi connectivity index (χ4n) is 0.885. The molecule has 0 unspecified atom stereocenters. The first-order chi connectivity index (χ1) is 6.74. The largest absolute Gasteiger partial charge is 0.298 e. The third kappa shape index (κ3) is 3.57. The number of carbonyl (C=O) groups is 1. The van der Waals surface area contributed by atoms with Crippen molar-refractivity contribution in [2.24, 2.45) is 0 Å². The molecule has 0 aliphatic heterocycles. The molecule has 0 aromatic heterocycles. The molecule has 0 atom stereocenters. The Morgan fingerprint density at radius 1 is 1.50 bits per heavy atom. The number of thioether (sulfide) groups is 1. The second-order valence-corrected chi connectivity index (χ2v) is 4.51. The molecule has 3 heteroatoms. The van der Waals surface area contributed by atoms with Gasteiger partial charge in [-0.05, 0) is 28.1 Å². The van der Waals surface area contributed by atoms with Crippen molar-refractivity contribution in [2.75, 3.05) is 5.75 Å². The summed E-state index contributed by atoms with van der Waals surface area (Å²) in [7, 11) is 0. The van der Waals surface area contributed by atoms with Gasteiger partial charge in [0.1, 0.15) is 0 Å². The van der Waals surface area contributed by atoms with Gasteiger partial charge >= 0.3 is 0 Å². The first-order valence-electron chi connectivity index (χ1n) is 4.06. The molecule has 14 heavy (non-hydrogen) atoms. The zero-order valence-corrected chi connectivity index (χ0v) is 9.90. The normalized spacial score (nSPS) is 9.43. The van der Waals surface area contributed by atoms with E-state index in [4.69, 9.17) is 6.42 Å². The minimum absolute atomic E-state index is 0.0910. The zero-order valence-electron chi connectivity index (χ0n) is 7.50. The topological polar surface area (TPSA) is 17.1 Å². The molecule has 0 aliphatic rings. The van der Waals surface area contributed by atoms with E-state index in [1.54, 1.807) is 0 Å². The van der Waals surface area contributed by atoms with Crippen LogP contribution in [0.4, 0.5) is 0 Å². The van der Waals surface area contributed by atoms with E-state index in [9.17, 15) is 4.79 Å². The predicted octanol–water partition coefficient (Wildman–Crippen LogP) is 3.13. The third-order valence-corrected chi connectivity index (χ3v) is 3.61. The maximum Gasteiger partial charge on any atom is 0.154 e. The van der Waals surface area contributed by atoms with Gasteiger partial charge in [-0.25, -0.2) is 0 Å². The highest BCUT2D eigenvalue weighted by molar-refractivity contribution is 9.10. The van der Waals surface area contributed by atoms with Crippen LogP contribution < -0.4 is 0 Å². The van der Waals surface area contributed by atoms with E-state index in [2.05, 4.69) is 21.9 Å². The van der Waals surface area contributed by atoms with Gasteiger partial charge in [0.2, 0.25) is 0 Å². The Balaban J connectivity index is 2.51. The lowest BCUT2D eigenvalue weighted by Gasteiger charge is -2.01. The Hall–Kier alpha value is -0.720. The Kier molecular flexibility index (Phi) is 4.78. The van der Waals surface area contributed by atoms with Crippen molar-refractivity contribution < 1.29 is 4.79 Å². The van der Waals surface area contributed by atoms with Crippen LogP contribution in [0.15, 0.2) is 33.6 Å². The van der Waals surface area contributed by atoms with Crippen LogP contribution in [-0.4, -0.2) is 11.5 Å². The van der Waals surface area contributed by atoms with Crippen LogP contribution in [0.2, 0.25) is 0 Å². The number of hydrogen-bond acceptors (Lipinski definition) is 2. The van der Waals surface area contributed by atoms with Crippen LogP contribution in [0.1, 0.15) is 6.42 Å². The summed E-state index contributed by atoms with van der Waals surface area (Å²) in [6.07, 6.45) is 5.26. The molecule has 0 saturated heterocycles. The Bertz CT molecular complexity index is 368. The standard InChI is InChI=1S/C11H9BrOS/c1-2-5-9(13)8-14-11-7-4-3-6-10(11)12/h1,3-4,6-7H,5,8H2. The average molecular weight is 269 g/mol. The van der Waals surface area contributed by atoms with Crippen LogP contribution in [0.3, 0.4) is 0 Å². The minimum Gasteiger partial charge on any atom is -0.298 e. The van der Waals surface area contributed by atoms with Crippen molar-refractivity contribution in [1.29, 1.82) is 0 Å². The van der Waals surface area contributed by atoms with Crippen LogP contribution in [0, 0.1) is 12.3 Å². The van der Waals surface area contributed by atoms with Crippen LogP contribution >= 0.6 is 27.7 Å². The van der Waals surface area contributed by atoms with Gasteiger partial charge in [0.25, 0.3) is 0 Å². The van der Waals surface area contributed by atoms with Gasteiger partial charge in [-0.2, -0.15) is 0 Å². The molecule has 1 aromatic carbocycles. The number of benzene rings is 1. The molecule has 72 valence electrons. The van der Waals surface area contributed by atoms with E-state index in [-0.39, 0.29) is 12.2 Å². The van der Waals surface area contributed by atoms with E-state index in [1.165, 1.54) is 11.8 Å². The first kappa shape index (κ1) is 11.4. The summed E-state index contributed by atoms with van der Waals surface area (Å²) in [5.74, 6) is 2.87. The lowest BCUT2D eigenvalue weighted by molar-refractivity contribution is -0.115. The monoisotopic (exact) mass is 268 g/mol. The van der Waals surface area contributed by atoms with Crippen molar-refractivity contribution in [2.45, 2.75) is 11.3 Å². The number of carbonyl (C=O) groups excluding carboxylic acids is 1. The third-order valence-electron chi connectivity index (χ3n) is 1.52. The molecule has 1 aromatic rings. The van der Waals surface area contributed by atoms with Gasteiger partial charge in [0.05, 0.1) is 12.2 Å². The van der Waals surface area contributed by atoms with E-state index >= 15 is 0 Å². The highest BCUT2D eigenvalue weighted by Crippen LogP contribution is 2.26. The number of hydrogen-bond donors (Lipinski definition) is 0. The molecule has 1 nitrogen and oxygen atoms in total. The van der Waals surface area contributed by atoms with Gasteiger partial charge in [0.15, 0.2) is 5.78 Å². The van der Waals surface area contributed by atoms with Crippen LogP contribution in [0.5, 0.6) is 0 Å². The smallest absolute Gasteiger partial charge is 0.154 e. The molecular formula is C11H9BrOS. The minimum atomic E-state index is 0.0910. The molecule has 0 fully saturated rings. The summed E-state index contributed by atoms with van der Waals surface area (Å²) >= 11 is 4.92. The van der Waals surface area contributed by atoms with Crippen LogP contribution in [0.25, 0.3) is 0 Å². The quantitative estimate of drug-likeness (QED) is 0.617. The molecule has 0 N–H and O–H groups in total. The zero-order chi connectivity index (χ0) is 10.4. The Labute approximate surface area is 96.4 Å². The van der Waals surface area contributed by atoms with Crippen LogP contribution in [-0.2, 0) is 4.79 Å². The molecule has 0 bridgehead atoms. The number of halogens is 1. The molecule has 1 rings (SSSR count). The highest BCUT2D eigenvalue weighted by Gasteiger charge is 2.03. The number of rotatable bonds is 4. The van der Waals surface area contributed by atoms with Crippen molar-refractivity contribution in [3.05, 3.63) is 28.7 Å². The SMILES string of the molecule is C#CCC(=O)CSc1ccccc1Br. The second kappa shape index (κ2) is 5.90. The molecule has 0 amide bonds. The van der Waals surface area contributed by atoms with Crippen molar-refractivity contribution in [1.82, 2.24) is 0 Å². The highest BCUT2D eigenvalue weighted by atomic mass is 79.9. The molecule has 0 heterocycles. The average Bonchev–Trinajstić information content (AvgIpc) is 2.17. The summed E-state index contributed by atoms with van der Waals surface area (Å²) in [5.41, 5.74) is 0. The number of ketones is 1. The Morgan fingerprint density at radius 3 is 2.86 bits per heavy atom. The van der Waals surface area contributed by atoms with Gasteiger partial charge in [-0.1, -0.05) is 18.1 Å². The predicted molar refractivity (Wildman–Crippen MR) is 63.3 cm³/mol. The van der Waals surface area contributed by atoms with E-state index < -0.39 is 0 Å². The van der Waals surface area contributed by atoms with E-state index in [1.807, 2.05) is 24.3 Å². The number of Topliss-reactive ketones (excluding diaryl/α,β-unsaturated/α-hetero) is 1. The van der Waals surface area contributed by atoms with Crippen molar-refractivity contribution in [3.8, 4) is 12.3 Å². The van der Waals surface area contributed by atoms with E-state index in [0.29, 0.717) is 5.75 Å². The van der Waals surface area contributed by atoms with Gasteiger partial charge in [-0.15, -0.1) is 18.2 Å². The molecule has 0 saturated carbocycles. The summed E-state index contributed by atoms with van der Waals surface area (Å²) < 4.78 is 1.01. The van der Waals surface area contributed by atoms with Gasteiger partial charge in [0, 0.05) is 9.37 Å². The number of terminal acetylenes is 1. The lowest BCUT2D eigenvalue weighted by atomic mass is 10.3. The maximum absolute atomic E-state index is 11.1.